The number of nitrogen functional groups attached to an aromatic ring is 1. The van der Waals surface area contributed by atoms with E-state index in [1.54, 1.807) is 12.3 Å². The highest BCUT2D eigenvalue weighted by atomic mass is 19.1. The Hall–Kier alpha value is -1.81. The van der Waals surface area contributed by atoms with E-state index in [0.717, 1.165) is 23.4 Å². The molecule has 4 heteroatoms. The Morgan fingerprint density at radius 2 is 2.06 bits per heavy atom. The van der Waals surface area contributed by atoms with Gasteiger partial charge in [0.2, 0.25) is 0 Å². The molecule has 0 radical (unpaired) electrons. The van der Waals surface area contributed by atoms with Crippen LogP contribution in [0.5, 0.6) is 0 Å². The minimum absolute atomic E-state index is 0.294. The molecule has 0 spiro atoms. The SMILES string of the molecule is Cc1occc1CN(C)Cc1cc(N)cc(F)c1. The van der Waals surface area contributed by atoms with Gasteiger partial charge in [-0.25, -0.2) is 4.39 Å². The van der Waals surface area contributed by atoms with E-state index in [1.807, 2.05) is 20.0 Å². The Labute approximate surface area is 106 Å². The third-order valence-corrected chi connectivity index (χ3v) is 2.84. The first-order valence-electron chi connectivity index (χ1n) is 5.81. The van der Waals surface area contributed by atoms with Crippen LogP contribution in [0.2, 0.25) is 0 Å². The second-order valence-electron chi connectivity index (χ2n) is 4.57. The molecule has 2 N–H and O–H groups in total. The molecular weight excluding hydrogens is 231 g/mol. The molecule has 0 atom stereocenters. The molecule has 1 heterocycles. The van der Waals surface area contributed by atoms with Gasteiger partial charge in [-0.1, -0.05) is 0 Å². The van der Waals surface area contributed by atoms with Crippen LogP contribution in [0.4, 0.5) is 10.1 Å². The van der Waals surface area contributed by atoms with Gasteiger partial charge in [0.15, 0.2) is 0 Å². The van der Waals surface area contributed by atoms with Crippen LogP contribution < -0.4 is 5.73 Å². The molecule has 0 saturated heterocycles. The predicted molar refractivity (Wildman–Crippen MR) is 69.4 cm³/mol. The van der Waals surface area contributed by atoms with Gasteiger partial charge >= 0.3 is 0 Å². The molecule has 1 aromatic carbocycles. The van der Waals surface area contributed by atoms with E-state index in [1.165, 1.54) is 12.1 Å². The number of hydrogen-bond donors (Lipinski definition) is 1. The van der Waals surface area contributed by atoms with Gasteiger partial charge in [-0.2, -0.15) is 0 Å². The van der Waals surface area contributed by atoms with Gasteiger partial charge in [0.1, 0.15) is 11.6 Å². The van der Waals surface area contributed by atoms with Gasteiger partial charge in [-0.05, 0) is 43.8 Å². The first-order chi connectivity index (χ1) is 8.54. The van der Waals surface area contributed by atoms with Crippen molar-refractivity contribution < 1.29 is 8.81 Å². The number of hydrogen-bond acceptors (Lipinski definition) is 3. The fourth-order valence-electron chi connectivity index (χ4n) is 2.00. The van der Waals surface area contributed by atoms with E-state index in [0.29, 0.717) is 12.2 Å². The van der Waals surface area contributed by atoms with E-state index < -0.39 is 0 Å². The number of halogens is 1. The number of aryl methyl sites for hydroxylation is 1. The van der Waals surface area contributed by atoms with Gasteiger partial charge in [-0.15, -0.1) is 0 Å². The number of nitrogens with zero attached hydrogens (tertiary/aromatic N) is 1. The lowest BCUT2D eigenvalue weighted by Crippen LogP contribution is -2.17. The van der Waals surface area contributed by atoms with Crippen molar-refractivity contribution in [3.63, 3.8) is 0 Å². The molecule has 2 rings (SSSR count). The van der Waals surface area contributed by atoms with Gasteiger partial charge < -0.3 is 10.2 Å². The molecule has 0 amide bonds. The Morgan fingerprint density at radius 1 is 1.28 bits per heavy atom. The van der Waals surface area contributed by atoms with Crippen molar-refractivity contribution in [2.24, 2.45) is 0 Å². The normalized spacial score (nSPS) is 11.1. The van der Waals surface area contributed by atoms with Crippen molar-refractivity contribution >= 4 is 5.69 Å². The summed E-state index contributed by atoms with van der Waals surface area (Å²) in [6, 6.07) is 6.58. The van der Waals surface area contributed by atoms with Gasteiger partial charge in [0.25, 0.3) is 0 Å². The Kier molecular flexibility index (Phi) is 3.67. The maximum Gasteiger partial charge on any atom is 0.125 e. The van der Waals surface area contributed by atoms with Crippen LogP contribution in [0, 0.1) is 12.7 Å². The van der Waals surface area contributed by atoms with Crippen LogP contribution in [0.15, 0.2) is 34.9 Å². The van der Waals surface area contributed by atoms with E-state index in [9.17, 15) is 4.39 Å². The van der Waals surface area contributed by atoms with E-state index in [-0.39, 0.29) is 5.82 Å². The number of anilines is 1. The van der Waals surface area contributed by atoms with Crippen LogP contribution in [0.3, 0.4) is 0 Å². The lowest BCUT2D eigenvalue weighted by molar-refractivity contribution is 0.316. The summed E-state index contributed by atoms with van der Waals surface area (Å²) in [6.07, 6.45) is 1.68. The van der Waals surface area contributed by atoms with Crippen molar-refractivity contribution in [2.75, 3.05) is 12.8 Å². The standard InChI is InChI=1S/C14H17FN2O/c1-10-12(3-4-18-10)9-17(2)8-11-5-13(15)7-14(16)6-11/h3-7H,8-9,16H2,1-2H3. The molecular formula is C14H17FN2O. The van der Waals surface area contributed by atoms with E-state index in [4.69, 9.17) is 10.2 Å². The number of furan rings is 1. The summed E-state index contributed by atoms with van der Waals surface area (Å²) in [4.78, 5) is 2.09. The van der Waals surface area contributed by atoms with Gasteiger partial charge in [-0.3, -0.25) is 4.90 Å². The average molecular weight is 248 g/mol. The second-order valence-corrected chi connectivity index (χ2v) is 4.57. The topological polar surface area (TPSA) is 42.4 Å². The second kappa shape index (κ2) is 5.23. The summed E-state index contributed by atoms with van der Waals surface area (Å²) >= 11 is 0. The van der Waals surface area contributed by atoms with Gasteiger partial charge in [0, 0.05) is 24.3 Å². The lowest BCUT2D eigenvalue weighted by atomic mass is 10.1. The zero-order chi connectivity index (χ0) is 13.1. The molecule has 0 bridgehead atoms. The van der Waals surface area contributed by atoms with E-state index in [2.05, 4.69) is 4.90 Å². The minimum Gasteiger partial charge on any atom is -0.469 e. The number of rotatable bonds is 4. The van der Waals surface area contributed by atoms with Crippen molar-refractivity contribution in [2.45, 2.75) is 20.0 Å². The van der Waals surface area contributed by atoms with Crippen molar-refractivity contribution in [3.05, 3.63) is 53.2 Å². The van der Waals surface area contributed by atoms with Crippen molar-refractivity contribution in [3.8, 4) is 0 Å². The molecule has 3 nitrogen and oxygen atoms in total. The average Bonchev–Trinajstić information content (AvgIpc) is 2.62. The van der Waals surface area contributed by atoms with Crippen LogP contribution in [0.25, 0.3) is 0 Å². The molecule has 0 saturated carbocycles. The van der Waals surface area contributed by atoms with Crippen LogP contribution in [-0.2, 0) is 13.1 Å². The predicted octanol–water partition coefficient (Wildman–Crippen LogP) is 2.94. The Bertz CT molecular complexity index is 516. The third-order valence-electron chi connectivity index (χ3n) is 2.84. The monoisotopic (exact) mass is 248 g/mol. The van der Waals surface area contributed by atoms with Crippen LogP contribution in [0.1, 0.15) is 16.9 Å². The van der Waals surface area contributed by atoms with Crippen LogP contribution in [-0.4, -0.2) is 11.9 Å². The highest BCUT2D eigenvalue weighted by molar-refractivity contribution is 5.41. The molecule has 96 valence electrons. The maximum absolute atomic E-state index is 13.2. The molecule has 18 heavy (non-hydrogen) atoms. The summed E-state index contributed by atoms with van der Waals surface area (Å²) in [5.41, 5.74) is 8.09. The highest BCUT2D eigenvalue weighted by Crippen LogP contribution is 2.15. The molecule has 0 unspecified atom stereocenters. The van der Waals surface area contributed by atoms with Gasteiger partial charge in [0.05, 0.1) is 6.26 Å². The molecule has 0 aliphatic heterocycles. The van der Waals surface area contributed by atoms with Crippen molar-refractivity contribution in [1.82, 2.24) is 4.90 Å². The largest absolute Gasteiger partial charge is 0.469 e. The molecule has 2 aromatic rings. The fourth-order valence-corrected chi connectivity index (χ4v) is 2.00. The summed E-state index contributed by atoms with van der Waals surface area (Å²) < 4.78 is 18.5. The summed E-state index contributed by atoms with van der Waals surface area (Å²) in [7, 11) is 1.98. The number of nitrogens with two attached hydrogens (primary N) is 1. The molecule has 0 aliphatic carbocycles. The molecule has 0 fully saturated rings. The van der Waals surface area contributed by atoms with Crippen molar-refractivity contribution in [1.29, 1.82) is 0 Å². The highest BCUT2D eigenvalue weighted by Gasteiger charge is 2.07. The smallest absolute Gasteiger partial charge is 0.125 e. The lowest BCUT2D eigenvalue weighted by Gasteiger charge is -2.16. The third kappa shape index (κ3) is 3.11. The molecule has 0 aliphatic rings. The summed E-state index contributed by atoms with van der Waals surface area (Å²) in [5, 5.41) is 0. The first kappa shape index (κ1) is 12.6. The Balaban J connectivity index is 2.03. The minimum atomic E-state index is -0.294. The fraction of sp³-hybridized carbons (Fsp3) is 0.286. The van der Waals surface area contributed by atoms with E-state index >= 15 is 0 Å². The number of benzene rings is 1. The molecule has 1 aromatic heterocycles. The maximum atomic E-state index is 13.2. The Morgan fingerprint density at radius 3 is 2.67 bits per heavy atom. The first-order valence-corrected chi connectivity index (χ1v) is 5.81. The zero-order valence-electron chi connectivity index (χ0n) is 10.6. The summed E-state index contributed by atoms with van der Waals surface area (Å²) in [5.74, 6) is 0.624. The quantitative estimate of drug-likeness (QED) is 0.846. The zero-order valence-corrected chi connectivity index (χ0v) is 10.6. The van der Waals surface area contributed by atoms with Crippen LogP contribution >= 0.6 is 0 Å². The summed E-state index contributed by atoms with van der Waals surface area (Å²) in [6.45, 7) is 3.34.